The van der Waals surface area contributed by atoms with Gasteiger partial charge >= 0.3 is 6.18 Å². The molecule has 1 fully saturated rings. The fraction of sp³-hybridized carbons (Fsp3) is 0.353. The normalized spacial score (nSPS) is 18.3. The number of rotatable bonds is 3. The van der Waals surface area contributed by atoms with Crippen LogP contribution < -0.4 is 0 Å². The predicted octanol–water partition coefficient (Wildman–Crippen LogP) is 4.39. The van der Waals surface area contributed by atoms with Crippen molar-refractivity contribution in [3.63, 3.8) is 0 Å². The molecule has 0 radical (unpaired) electrons. The van der Waals surface area contributed by atoms with Crippen LogP contribution in [0.5, 0.6) is 0 Å². The van der Waals surface area contributed by atoms with E-state index < -0.39 is 29.1 Å². The van der Waals surface area contributed by atoms with Crippen molar-refractivity contribution in [2.24, 2.45) is 0 Å². The summed E-state index contributed by atoms with van der Waals surface area (Å²) in [4.78, 5) is 4.09. The zero-order valence-corrected chi connectivity index (χ0v) is 12.1. The number of hydrogen-bond acceptors (Lipinski definition) is 2. The Morgan fingerprint density at radius 3 is 2.39 bits per heavy atom. The molecular formula is C17H15F4NO. The summed E-state index contributed by atoms with van der Waals surface area (Å²) in [7, 11) is 0. The van der Waals surface area contributed by atoms with E-state index in [-0.39, 0.29) is 0 Å². The summed E-state index contributed by atoms with van der Waals surface area (Å²) in [6, 6.07) is 8.02. The minimum Gasteiger partial charge on any atom is -0.386 e. The number of nitrogens with zero attached hydrogens (tertiary/aromatic N) is 1. The molecule has 6 heteroatoms. The number of aromatic nitrogens is 1. The van der Waals surface area contributed by atoms with Gasteiger partial charge in [-0.15, -0.1) is 0 Å². The van der Waals surface area contributed by atoms with Gasteiger partial charge in [0.1, 0.15) is 11.9 Å². The zero-order chi connectivity index (χ0) is 16.7. The highest BCUT2D eigenvalue weighted by atomic mass is 19.4. The third-order valence-corrected chi connectivity index (χ3v) is 4.58. The number of hydrogen-bond donors (Lipinski definition) is 1. The van der Waals surface area contributed by atoms with Gasteiger partial charge in [0.25, 0.3) is 0 Å². The van der Waals surface area contributed by atoms with Crippen molar-refractivity contribution in [2.75, 3.05) is 0 Å². The topological polar surface area (TPSA) is 33.1 Å². The molecule has 1 aliphatic rings. The van der Waals surface area contributed by atoms with Crippen molar-refractivity contribution in [3.05, 3.63) is 65.2 Å². The molecule has 3 rings (SSSR count). The van der Waals surface area contributed by atoms with Crippen molar-refractivity contribution < 1.29 is 22.7 Å². The molecule has 1 unspecified atom stereocenters. The maximum atomic E-state index is 13.5. The number of aliphatic hydroxyl groups is 1. The first-order valence-electron chi connectivity index (χ1n) is 7.31. The first-order chi connectivity index (χ1) is 10.8. The van der Waals surface area contributed by atoms with Crippen LogP contribution >= 0.6 is 0 Å². The van der Waals surface area contributed by atoms with Gasteiger partial charge < -0.3 is 5.11 Å². The Morgan fingerprint density at radius 2 is 1.87 bits per heavy atom. The maximum Gasteiger partial charge on any atom is 0.419 e. The summed E-state index contributed by atoms with van der Waals surface area (Å²) in [5.41, 5.74) is -1.43. The number of benzene rings is 1. The number of aliphatic hydroxyl groups excluding tert-OH is 1. The van der Waals surface area contributed by atoms with Gasteiger partial charge in [-0.1, -0.05) is 18.6 Å². The quantitative estimate of drug-likeness (QED) is 0.849. The minimum absolute atomic E-state index is 0.302. The summed E-state index contributed by atoms with van der Waals surface area (Å²) in [5.74, 6) is -1.30. The van der Waals surface area contributed by atoms with Crippen LogP contribution in [0.15, 0.2) is 42.6 Å². The lowest BCUT2D eigenvalue weighted by Crippen LogP contribution is -2.41. The summed E-state index contributed by atoms with van der Waals surface area (Å²) < 4.78 is 52.3. The van der Waals surface area contributed by atoms with Crippen molar-refractivity contribution in [1.29, 1.82) is 0 Å². The van der Waals surface area contributed by atoms with Gasteiger partial charge in [-0.3, -0.25) is 4.98 Å². The molecule has 1 atom stereocenters. The van der Waals surface area contributed by atoms with Crippen LogP contribution in [0.3, 0.4) is 0 Å². The Kier molecular flexibility index (Phi) is 3.88. The van der Waals surface area contributed by atoms with Gasteiger partial charge in [0.15, 0.2) is 0 Å². The van der Waals surface area contributed by atoms with Gasteiger partial charge in [0.2, 0.25) is 0 Å². The molecular weight excluding hydrogens is 310 g/mol. The number of halogens is 4. The molecule has 0 bridgehead atoms. The first-order valence-corrected chi connectivity index (χ1v) is 7.31. The Labute approximate surface area is 130 Å². The molecule has 0 aliphatic heterocycles. The van der Waals surface area contributed by atoms with E-state index in [2.05, 4.69) is 4.98 Å². The third kappa shape index (κ3) is 2.72. The molecule has 122 valence electrons. The first kappa shape index (κ1) is 15.9. The van der Waals surface area contributed by atoms with Gasteiger partial charge in [0.05, 0.1) is 11.3 Å². The fourth-order valence-corrected chi connectivity index (χ4v) is 3.15. The average Bonchev–Trinajstić information content (AvgIpc) is 2.47. The Balaban J connectivity index is 2.04. The van der Waals surface area contributed by atoms with Crippen LogP contribution in [0.4, 0.5) is 17.6 Å². The smallest absolute Gasteiger partial charge is 0.386 e. The summed E-state index contributed by atoms with van der Waals surface area (Å²) >= 11 is 0. The standard InChI is InChI=1S/C17H15F4NO/c18-13-6-5-11(10-12(13)17(19,20)21)16(7-3-8-16)15(23)14-4-1-2-9-22-14/h1-2,4-6,9-10,15,23H,3,7-8H2. The maximum absolute atomic E-state index is 13.5. The second kappa shape index (κ2) is 5.60. The molecule has 1 aromatic heterocycles. The van der Waals surface area contributed by atoms with Crippen molar-refractivity contribution in [1.82, 2.24) is 4.98 Å². The van der Waals surface area contributed by atoms with Gasteiger partial charge in [0, 0.05) is 11.6 Å². The lowest BCUT2D eigenvalue weighted by molar-refractivity contribution is -0.140. The molecule has 2 aromatic rings. The summed E-state index contributed by atoms with van der Waals surface area (Å²) in [6.07, 6.45) is -2.40. The molecule has 2 nitrogen and oxygen atoms in total. The van der Waals surface area contributed by atoms with E-state index >= 15 is 0 Å². The van der Waals surface area contributed by atoms with E-state index in [1.807, 2.05) is 0 Å². The molecule has 0 spiro atoms. The minimum atomic E-state index is -4.76. The van der Waals surface area contributed by atoms with Gasteiger partial charge in [-0.2, -0.15) is 13.2 Å². The lowest BCUT2D eigenvalue weighted by Gasteiger charge is -2.46. The van der Waals surface area contributed by atoms with Gasteiger partial charge in [-0.05, 0) is 42.7 Å². The zero-order valence-electron chi connectivity index (χ0n) is 12.1. The highest BCUT2D eigenvalue weighted by Crippen LogP contribution is 2.52. The summed E-state index contributed by atoms with van der Waals surface area (Å²) in [6.45, 7) is 0. The van der Waals surface area contributed by atoms with E-state index in [1.54, 1.807) is 18.2 Å². The van der Waals surface area contributed by atoms with Gasteiger partial charge in [-0.25, -0.2) is 4.39 Å². The van der Waals surface area contributed by atoms with Crippen LogP contribution in [-0.2, 0) is 11.6 Å². The molecule has 23 heavy (non-hydrogen) atoms. The molecule has 1 saturated carbocycles. The molecule has 0 saturated heterocycles. The van der Waals surface area contributed by atoms with E-state index in [0.29, 0.717) is 24.1 Å². The van der Waals surface area contributed by atoms with Crippen molar-refractivity contribution in [2.45, 2.75) is 37.0 Å². The highest BCUT2D eigenvalue weighted by Gasteiger charge is 2.47. The average molecular weight is 325 g/mol. The SMILES string of the molecule is OC(c1ccccn1)C1(c2ccc(F)c(C(F)(F)F)c2)CCC1. The van der Waals surface area contributed by atoms with Crippen LogP contribution in [0.1, 0.15) is 42.2 Å². The lowest BCUT2D eigenvalue weighted by atomic mass is 9.60. The van der Waals surface area contributed by atoms with Crippen LogP contribution in [0.2, 0.25) is 0 Å². The highest BCUT2D eigenvalue weighted by molar-refractivity contribution is 5.37. The largest absolute Gasteiger partial charge is 0.419 e. The molecule has 1 aliphatic carbocycles. The van der Waals surface area contributed by atoms with E-state index in [0.717, 1.165) is 18.6 Å². The molecule has 1 N–H and O–H groups in total. The predicted molar refractivity (Wildman–Crippen MR) is 76.1 cm³/mol. The Morgan fingerprint density at radius 1 is 1.13 bits per heavy atom. The van der Waals surface area contributed by atoms with E-state index in [9.17, 15) is 22.7 Å². The second-order valence-corrected chi connectivity index (χ2v) is 5.86. The fourth-order valence-electron chi connectivity index (χ4n) is 3.15. The summed E-state index contributed by atoms with van der Waals surface area (Å²) in [5, 5.41) is 10.7. The molecule has 0 amide bonds. The molecule has 1 aromatic carbocycles. The third-order valence-electron chi connectivity index (χ3n) is 4.58. The monoisotopic (exact) mass is 325 g/mol. The van der Waals surface area contributed by atoms with Crippen molar-refractivity contribution in [3.8, 4) is 0 Å². The van der Waals surface area contributed by atoms with E-state index in [4.69, 9.17) is 0 Å². The molecule has 1 heterocycles. The van der Waals surface area contributed by atoms with Crippen LogP contribution in [-0.4, -0.2) is 10.1 Å². The second-order valence-electron chi connectivity index (χ2n) is 5.86. The van der Waals surface area contributed by atoms with Crippen LogP contribution in [0.25, 0.3) is 0 Å². The number of pyridine rings is 1. The number of alkyl halides is 3. The Hall–Kier alpha value is -1.95. The van der Waals surface area contributed by atoms with Crippen LogP contribution in [0, 0.1) is 5.82 Å². The van der Waals surface area contributed by atoms with E-state index in [1.165, 1.54) is 12.3 Å². The van der Waals surface area contributed by atoms with Crippen molar-refractivity contribution >= 4 is 0 Å². The Bertz CT molecular complexity index is 695.